The standard InChI is InChI=1S/C18H19ClN2O2S/c1-11-6-4-5-7-14(11)12(2)20-18(24)21-16-10-13(17(22)23-3)8-9-15(16)19/h4-10,12H,1-3H3,(H2,20,21,24)/t12-/m1/s1. The summed E-state index contributed by atoms with van der Waals surface area (Å²) >= 11 is 11.5. The summed E-state index contributed by atoms with van der Waals surface area (Å²) < 4.78 is 4.71. The molecule has 24 heavy (non-hydrogen) atoms. The molecule has 0 amide bonds. The minimum absolute atomic E-state index is 0.0359. The molecular formula is C18H19ClN2O2S. The van der Waals surface area contributed by atoms with Gasteiger partial charge in [-0.15, -0.1) is 0 Å². The highest BCUT2D eigenvalue weighted by Crippen LogP contribution is 2.24. The minimum atomic E-state index is -0.429. The van der Waals surface area contributed by atoms with Crippen LogP contribution in [0, 0.1) is 6.92 Å². The quantitative estimate of drug-likeness (QED) is 0.620. The number of halogens is 1. The van der Waals surface area contributed by atoms with Crippen molar-refractivity contribution in [2.75, 3.05) is 12.4 Å². The van der Waals surface area contributed by atoms with Crippen molar-refractivity contribution >= 4 is 40.6 Å². The molecule has 0 aliphatic carbocycles. The number of methoxy groups -OCH3 is 1. The Balaban J connectivity index is 2.10. The Labute approximate surface area is 152 Å². The molecular weight excluding hydrogens is 344 g/mol. The van der Waals surface area contributed by atoms with Gasteiger partial charge in [-0.25, -0.2) is 4.79 Å². The predicted octanol–water partition coefficient (Wildman–Crippen LogP) is 4.48. The van der Waals surface area contributed by atoms with Crippen molar-refractivity contribution < 1.29 is 9.53 Å². The van der Waals surface area contributed by atoms with E-state index < -0.39 is 5.97 Å². The van der Waals surface area contributed by atoms with Gasteiger partial charge in [-0.1, -0.05) is 35.9 Å². The van der Waals surface area contributed by atoms with Crippen molar-refractivity contribution in [1.29, 1.82) is 0 Å². The molecule has 4 nitrogen and oxygen atoms in total. The molecule has 2 rings (SSSR count). The Bertz CT molecular complexity index is 764. The van der Waals surface area contributed by atoms with Gasteiger partial charge in [0.15, 0.2) is 5.11 Å². The molecule has 2 aromatic rings. The second kappa shape index (κ2) is 8.13. The normalized spacial score (nSPS) is 11.5. The van der Waals surface area contributed by atoms with Gasteiger partial charge >= 0.3 is 5.97 Å². The van der Waals surface area contributed by atoms with Gasteiger partial charge in [0.2, 0.25) is 0 Å². The number of hydrogen-bond donors (Lipinski definition) is 2. The molecule has 0 spiro atoms. The average molecular weight is 363 g/mol. The number of esters is 1. The number of benzene rings is 2. The fourth-order valence-electron chi connectivity index (χ4n) is 2.37. The first-order valence-corrected chi connectivity index (χ1v) is 8.22. The van der Waals surface area contributed by atoms with Gasteiger partial charge in [0, 0.05) is 0 Å². The number of thiocarbonyl (C=S) groups is 1. The number of ether oxygens (including phenoxy) is 1. The number of carbonyl (C=O) groups is 1. The van der Waals surface area contributed by atoms with Crippen LogP contribution in [0.15, 0.2) is 42.5 Å². The summed E-state index contributed by atoms with van der Waals surface area (Å²) in [6, 6.07) is 13.0. The zero-order valence-corrected chi connectivity index (χ0v) is 15.3. The molecule has 0 saturated carbocycles. The Kier molecular flexibility index (Phi) is 6.17. The highest BCUT2D eigenvalue weighted by molar-refractivity contribution is 7.80. The number of carbonyl (C=O) groups excluding carboxylic acids is 1. The number of aryl methyl sites for hydroxylation is 1. The maximum atomic E-state index is 11.6. The van der Waals surface area contributed by atoms with E-state index in [1.807, 2.05) is 19.1 Å². The van der Waals surface area contributed by atoms with Gasteiger partial charge in [-0.05, 0) is 55.4 Å². The fourth-order valence-corrected chi connectivity index (χ4v) is 2.82. The van der Waals surface area contributed by atoms with Crippen molar-refractivity contribution in [2.24, 2.45) is 0 Å². The summed E-state index contributed by atoms with van der Waals surface area (Å²) in [4.78, 5) is 11.6. The molecule has 0 fully saturated rings. The third-order valence-electron chi connectivity index (χ3n) is 3.64. The van der Waals surface area contributed by atoms with Gasteiger partial charge in [0.05, 0.1) is 29.4 Å². The zero-order valence-electron chi connectivity index (χ0n) is 13.7. The van der Waals surface area contributed by atoms with Crippen LogP contribution < -0.4 is 10.6 Å². The van der Waals surface area contributed by atoms with Crippen LogP contribution in [0.3, 0.4) is 0 Å². The molecule has 0 aliphatic rings. The van der Waals surface area contributed by atoms with Crippen molar-refractivity contribution in [3.63, 3.8) is 0 Å². The lowest BCUT2D eigenvalue weighted by molar-refractivity contribution is 0.0601. The van der Waals surface area contributed by atoms with Gasteiger partial charge < -0.3 is 15.4 Å². The van der Waals surface area contributed by atoms with Crippen molar-refractivity contribution in [3.05, 3.63) is 64.2 Å². The molecule has 0 unspecified atom stereocenters. The zero-order chi connectivity index (χ0) is 17.7. The average Bonchev–Trinajstić information content (AvgIpc) is 2.56. The van der Waals surface area contributed by atoms with E-state index in [2.05, 4.69) is 29.7 Å². The lowest BCUT2D eigenvalue weighted by atomic mass is 10.0. The summed E-state index contributed by atoms with van der Waals surface area (Å²) in [5.41, 5.74) is 3.30. The summed E-state index contributed by atoms with van der Waals surface area (Å²) in [5.74, 6) is -0.429. The number of anilines is 1. The highest BCUT2D eigenvalue weighted by Gasteiger charge is 2.12. The molecule has 2 aromatic carbocycles. The summed E-state index contributed by atoms with van der Waals surface area (Å²) in [6.45, 7) is 4.09. The summed E-state index contributed by atoms with van der Waals surface area (Å²) in [7, 11) is 1.33. The molecule has 2 N–H and O–H groups in total. The first kappa shape index (κ1) is 18.2. The third kappa shape index (κ3) is 4.46. The Morgan fingerprint density at radius 2 is 1.96 bits per heavy atom. The van der Waals surface area contributed by atoms with E-state index in [0.717, 1.165) is 5.56 Å². The van der Waals surface area contributed by atoms with E-state index in [9.17, 15) is 4.79 Å². The predicted molar refractivity (Wildman–Crippen MR) is 102 cm³/mol. The van der Waals surface area contributed by atoms with Crippen LogP contribution in [-0.2, 0) is 4.74 Å². The van der Waals surface area contributed by atoms with E-state index in [-0.39, 0.29) is 6.04 Å². The maximum Gasteiger partial charge on any atom is 0.337 e. The lowest BCUT2D eigenvalue weighted by Crippen LogP contribution is -2.31. The highest BCUT2D eigenvalue weighted by atomic mass is 35.5. The monoisotopic (exact) mass is 362 g/mol. The molecule has 0 aromatic heterocycles. The van der Waals surface area contributed by atoms with Gasteiger partial charge in [-0.2, -0.15) is 0 Å². The SMILES string of the molecule is COC(=O)c1ccc(Cl)c(NC(=S)N[C@H](C)c2ccccc2C)c1. The van der Waals surface area contributed by atoms with Crippen molar-refractivity contribution in [3.8, 4) is 0 Å². The molecule has 1 atom stereocenters. The Morgan fingerprint density at radius 1 is 1.25 bits per heavy atom. The number of rotatable bonds is 4. The Morgan fingerprint density at radius 3 is 2.62 bits per heavy atom. The summed E-state index contributed by atoms with van der Waals surface area (Å²) in [5, 5.41) is 7.14. The van der Waals surface area contributed by atoms with E-state index >= 15 is 0 Å². The smallest absolute Gasteiger partial charge is 0.337 e. The first-order chi connectivity index (χ1) is 11.4. The molecule has 0 heterocycles. The maximum absolute atomic E-state index is 11.6. The Hall–Kier alpha value is -2.11. The molecule has 0 bridgehead atoms. The van der Waals surface area contributed by atoms with Crippen LogP contribution in [-0.4, -0.2) is 18.2 Å². The summed E-state index contributed by atoms with van der Waals surface area (Å²) in [6.07, 6.45) is 0. The first-order valence-electron chi connectivity index (χ1n) is 7.43. The molecule has 0 radical (unpaired) electrons. The van der Waals surface area contributed by atoms with E-state index in [4.69, 9.17) is 28.6 Å². The third-order valence-corrected chi connectivity index (χ3v) is 4.19. The van der Waals surface area contributed by atoms with Gasteiger partial charge in [0.25, 0.3) is 0 Å². The van der Waals surface area contributed by atoms with Crippen LogP contribution >= 0.6 is 23.8 Å². The van der Waals surface area contributed by atoms with Crippen molar-refractivity contribution in [1.82, 2.24) is 5.32 Å². The van der Waals surface area contributed by atoms with E-state index in [1.165, 1.54) is 12.7 Å². The van der Waals surface area contributed by atoms with Gasteiger partial charge in [-0.3, -0.25) is 0 Å². The number of nitrogens with one attached hydrogen (secondary N) is 2. The second-order valence-electron chi connectivity index (χ2n) is 5.36. The molecule has 0 saturated heterocycles. The van der Waals surface area contributed by atoms with Crippen LogP contribution in [0.25, 0.3) is 0 Å². The van der Waals surface area contributed by atoms with Crippen LogP contribution in [0.5, 0.6) is 0 Å². The van der Waals surface area contributed by atoms with Crippen LogP contribution in [0.4, 0.5) is 5.69 Å². The lowest BCUT2D eigenvalue weighted by Gasteiger charge is -2.19. The van der Waals surface area contributed by atoms with Gasteiger partial charge in [0.1, 0.15) is 0 Å². The van der Waals surface area contributed by atoms with E-state index in [0.29, 0.717) is 21.4 Å². The topological polar surface area (TPSA) is 50.4 Å². The van der Waals surface area contributed by atoms with E-state index in [1.54, 1.807) is 18.2 Å². The largest absolute Gasteiger partial charge is 0.465 e. The second-order valence-corrected chi connectivity index (χ2v) is 6.18. The van der Waals surface area contributed by atoms with Crippen molar-refractivity contribution in [2.45, 2.75) is 19.9 Å². The van der Waals surface area contributed by atoms with Crippen LogP contribution in [0.2, 0.25) is 5.02 Å². The molecule has 0 aliphatic heterocycles. The fraction of sp³-hybridized carbons (Fsp3) is 0.222. The molecule has 126 valence electrons. The molecule has 6 heteroatoms. The van der Waals surface area contributed by atoms with Crippen LogP contribution in [0.1, 0.15) is 34.5 Å². The number of hydrogen-bond acceptors (Lipinski definition) is 3. The minimum Gasteiger partial charge on any atom is -0.465 e.